The first-order chi connectivity index (χ1) is 29.9. The highest BCUT2D eigenvalue weighted by molar-refractivity contribution is 7.00. The predicted octanol–water partition coefficient (Wildman–Crippen LogP) is 8.68. The van der Waals surface area contributed by atoms with Gasteiger partial charge in [0.1, 0.15) is 18.5 Å². The fourth-order valence-electron chi connectivity index (χ4n) is 10.3. The molecule has 4 aromatic rings. The molecule has 0 aromatic heterocycles. The zero-order valence-corrected chi connectivity index (χ0v) is 41.2. The summed E-state index contributed by atoms with van der Waals surface area (Å²) in [4.78, 5) is 25.2. The number of hydrogen-bond donors (Lipinski definition) is 0. The van der Waals surface area contributed by atoms with Crippen LogP contribution in [0.5, 0.6) is 0 Å². The Hall–Kier alpha value is -4.01. The average molecular weight is 891 g/mol. The molecule has 4 aromatic carbocycles. The summed E-state index contributed by atoms with van der Waals surface area (Å²) in [7, 11) is -3.95. The maximum absolute atomic E-state index is 12.7. The second kappa shape index (κ2) is 20.0. The number of methoxy groups -OCH3 is 1. The topological polar surface area (TPSA) is 89.5 Å². The molecule has 5 atom stereocenters. The molecule has 0 N–H and O–H groups in total. The number of benzene rings is 4. The summed E-state index contributed by atoms with van der Waals surface area (Å²) in [5.74, 6) is -1.58. The van der Waals surface area contributed by atoms with Crippen LogP contribution in [0.2, 0.25) is 10.1 Å². The smallest absolute Gasteiger partial charge is 0.302 e. The molecule has 0 amide bonds. The second-order valence-electron chi connectivity index (χ2n) is 19.9. The highest BCUT2D eigenvalue weighted by atomic mass is 28.4. The van der Waals surface area contributed by atoms with Gasteiger partial charge in [0.15, 0.2) is 5.79 Å². The van der Waals surface area contributed by atoms with Crippen molar-refractivity contribution in [2.45, 2.75) is 135 Å². The molecule has 0 saturated carbocycles. The molecule has 0 unspecified atom stereocenters. The fourth-order valence-corrected chi connectivity index (χ4v) is 19.4. The van der Waals surface area contributed by atoms with Crippen molar-refractivity contribution >= 4 is 49.6 Å². The van der Waals surface area contributed by atoms with Crippen molar-refractivity contribution in [1.82, 2.24) is 0 Å². The Labute approximate surface area is 378 Å². The van der Waals surface area contributed by atoms with Gasteiger partial charge in [-0.1, -0.05) is 188 Å². The summed E-state index contributed by atoms with van der Waals surface area (Å²) >= 11 is 0. The SMILES string of the molecule is CO[C@@]1(C[C@@H]2C/C(=C\CO[Si](c3ccccc3)(c3ccccc3)C(C)(C)C)C[C@H](C=O)O2)O[C@H](CCO[Si](c2ccccc2)(c2ccccc2)C(C)(C)C)C[C@H](OC(C)=O)C1(C)C. The molecule has 0 radical (unpaired) electrons. The maximum atomic E-state index is 12.7. The first-order valence-electron chi connectivity index (χ1n) is 22.6. The lowest BCUT2D eigenvalue weighted by Crippen LogP contribution is -2.67. The van der Waals surface area contributed by atoms with Crippen LogP contribution in [0, 0.1) is 5.41 Å². The van der Waals surface area contributed by atoms with Crippen LogP contribution >= 0.6 is 0 Å². The van der Waals surface area contributed by atoms with Gasteiger partial charge in [0.25, 0.3) is 16.6 Å². The number of aldehydes is 1. The lowest BCUT2D eigenvalue weighted by atomic mass is 9.70. The van der Waals surface area contributed by atoms with Crippen molar-refractivity contribution in [3.8, 4) is 0 Å². The van der Waals surface area contributed by atoms with E-state index in [2.05, 4.69) is 145 Å². The minimum absolute atomic E-state index is 0.175. The van der Waals surface area contributed by atoms with E-state index in [4.69, 9.17) is 27.8 Å². The molecule has 338 valence electrons. The van der Waals surface area contributed by atoms with Gasteiger partial charge in [0.05, 0.1) is 24.2 Å². The van der Waals surface area contributed by atoms with Gasteiger partial charge in [0, 0.05) is 39.9 Å². The Morgan fingerprint density at radius 1 is 0.714 bits per heavy atom. The summed E-state index contributed by atoms with van der Waals surface area (Å²) < 4.78 is 40.8. The van der Waals surface area contributed by atoms with E-state index in [1.54, 1.807) is 7.11 Å². The molecule has 8 nitrogen and oxygen atoms in total. The van der Waals surface area contributed by atoms with Crippen LogP contribution < -0.4 is 20.7 Å². The molecule has 6 rings (SSSR count). The van der Waals surface area contributed by atoms with Gasteiger partial charge >= 0.3 is 5.97 Å². The van der Waals surface area contributed by atoms with Gasteiger partial charge < -0.3 is 32.6 Å². The summed E-state index contributed by atoms with van der Waals surface area (Å²) in [6.07, 6.45) is 3.52. The van der Waals surface area contributed by atoms with Crippen molar-refractivity contribution < 1.29 is 37.4 Å². The van der Waals surface area contributed by atoms with Gasteiger partial charge in [-0.25, -0.2) is 0 Å². The van der Waals surface area contributed by atoms with Crippen molar-refractivity contribution in [1.29, 1.82) is 0 Å². The van der Waals surface area contributed by atoms with E-state index in [1.165, 1.54) is 27.7 Å². The Morgan fingerprint density at radius 2 is 1.17 bits per heavy atom. The summed E-state index contributed by atoms with van der Waals surface area (Å²) in [6, 6.07) is 42.4. The van der Waals surface area contributed by atoms with E-state index in [9.17, 15) is 9.59 Å². The number of esters is 1. The molecule has 2 fully saturated rings. The lowest BCUT2D eigenvalue weighted by molar-refractivity contribution is -0.357. The van der Waals surface area contributed by atoms with E-state index in [-0.39, 0.29) is 22.1 Å². The standard InChI is InChI=1S/C53H70O8Si2/c1-40(55)59-49-37-42(32-34-58-63(51(5,6)7,47-27-19-13-20-28-47)48-29-21-14-22-30-48)61-53(56-10,52(49,8)9)38-43-35-41(36-44(39-54)60-43)31-33-57-62(50(2,3)4,45-23-15-11-16-24-45)46-25-17-12-18-26-46/h11-31,39,42-44,49H,32-38H2,1-10H3/b41-31+/t42-,43+,44-,49+,53+/m1/s1. The van der Waals surface area contributed by atoms with Crippen LogP contribution in [0.3, 0.4) is 0 Å². The Bertz CT molecular complexity index is 2040. The zero-order chi connectivity index (χ0) is 45.5. The molecular formula is C53H70O8Si2. The van der Waals surface area contributed by atoms with Gasteiger partial charge in [-0.05, 0) is 43.7 Å². The third-order valence-corrected chi connectivity index (χ3v) is 23.5. The van der Waals surface area contributed by atoms with Crippen molar-refractivity contribution in [3.63, 3.8) is 0 Å². The van der Waals surface area contributed by atoms with E-state index in [0.717, 1.165) is 11.9 Å². The van der Waals surface area contributed by atoms with Crippen LogP contribution in [-0.4, -0.2) is 79.4 Å². The molecule has 0 spiro atoms. The number of rotatable bonds is 16. The van der Waals surface area contributed by atoms with E-state index >= 15 is 0 Å². The molecule has 0 bridgehead atoms. The molecule has 2 saturated heterocycles. The van der Waals surface area contributed by atoms with Crippen LogP contribution in [0.15, 0.2) is 133 Å². The van der Waals surface area contributed by atoms with Crippen molar-refractivity contribution in [2.75, 3.05) is 20.3 Å². The quantitative estimate of drug-likeness (QED) is 0.0478. The van der Waals surface area contributed by atoms with Crippen molar-refractivity contribution in [2.24, 2.45) is 5.41 Å². The third kappa shape index (κ3) is 10.1. The number of carbonyl (C=O) groups is 2. The summed E-state index contributed by atoms with van der Waals surface area (Å²) in [5, 5.41) is 4.48. The fraction of sp³-hybridized carbons (Fsp3) is 0.472. The Balaban J connectivity index is 1.27. The van der Waals surface area contributed by atoms with Crippen LogP contribution in [0.4, 0.5) is 0 Å². The first-order valence-corrected chi connectivity index (χ1v) is 26.4. The molecular weight excluding hydrogens is 821 g/mol. The number of hydrogen-bond acceptors (Lipinski definition) is 8. The van der Waals surface area contributed by atoms with Crippen LogP contribution in [-0.2, 0) is 37.4 Å². The predicted molar refractivity (Wildman–Crippen MR) is 257 cm³/mol. The van der Waals surface area contributed by atoms with E-state index in [1.807, 2.05) is 38.1 Å². The average Bonchev–Trinajstić information content (AvgIpc) is 3.25. The minimum atomic E-state index is -2.82. The van der Waals surface area contributed by atoms with E-state index in [0.29, 0.717) is 45.3 Å². The first kappa shape index (κ1) is 48.4. The normalized spacial score (nSPS) is 23.9. The van der Waals surface area contributed by atoms with Crippen LogP contribution in [0.25, 0.3) is 0 Å². The molecule has 63 heavy (non-hydrogen) atoms. The largest absolute Gasteiger partial charge is 0.462 e. The van der Waals surface area contributed by atoms with Crippen LogP contribution in [0.1, 0.15) is 94.4 Å². The monoisotopic (exact) mass is 890 g/mol. The lowest BCUT2D eigenvalue weighted by Gasteiger charge is -2.55. The molecule has 2 aliphatic heterocycles. The third-order valence-electron chi connectivity index (χ3n) is 13.5. The highest BCUT2D eigenvalue weighted by Gasteiger charge is 2.59. The molecule has 0 aliphatic carbocycles. The highest BCUT2D eigenvalue weighted by Crippen LogP contribution is 2.51. The zero-order valence-electron chi connectivity index (χ0n) is 39.2. The van der Waals surface area contributed by atoms with Gasteiger partial charge in [0.2, 0.25) is 0 Å². The number of ether oxygens (including phenoxy) is 4. The Morgan fingerprint density at radius 3 is 1.59 bits per heavy atom. The second-order valence-corrected chi connectivity index (χ2v) is 28.5. The molecule has 2 aliphatic rings. The van der Waals surface area contributed by atoms with E-state index < -0.39 is 46.1 Å². The van der Waals surface area contributed by atoms with Crippen molar-refractivity contribution in [3.05, 3.63) is 133 Å². The summed E-state index contributed by atoms with van der Waals surface area (Å²) in [6.45, 7) is 20.0. The van der Waals surface area contributed by atoms with Gasteiger partial charge in [-0.2, -0.15) is 0 Å². The van der Waals surface area contributed by atoms with Gasteiger partial charge in [-0.15, -0.1) is 0 Å². The van der Waals surface area contributed by atoms with Gasteiger partial charge in [-0.3, -0.25) is 4.79 Å². The minimum Gasteiger partial charge on any atom is -0.462 e. The Kier molecular flexibility index (Phi) is 15.4. The molecule has 2 heterocycles. The molecule has 10 heteroatoms. The maximum Gasteiger partial charge on any atom is 0.302 e. The summed E-state index contributed by atoms with van der Waals surface area (Å²) in [5.41, 5.74) is 0.309. The number of carbonyl (C=O) groups excluding carboxylic acids is 2.